The number of nitrogens with zero attached hydrogens (tertiary/aromatic N) is 2. The zero-order chi connectivity index (χ0) is 17.5. The molecule has 0 aromatic heterocycles. The first-order valence-electron chi connectivity index (χ1n) is 8.24. The molecule has 0 aliphatic carbocycles. The number of hydrogen-bond donors (Lipinski definition) is 2. The Kier molecular flexibility index (Phi) is 6.62. The van der Waals surface area contributed by atoms with E-state index in [1.807, 2.05) is 0 Å². The molecule has 2 heterocycles. The Hall–Kier alpha value is -2.06. The Morgan fingerprint density at radius 3 is 2.79 bits per heavy atom. The number of rotatable bonds is 7. The number of carbonyl (C=O) groups is 3. The maximum atomic E-state index is 12.4. The third kappa shape index (κ3) is 4.48. The Morgan fingerprint density at radius 2 is 2.12 bits per heavy atom. The molecule has 2 fully saturated rings. The predicted octanol–water partition coefficient (Wildman–Crippen LogP) is -1.37. The highest BCUT2D eigenvalue weighted by Crippen LogP contribution is 2.13. The minimum absolute atomic E-state index is 0.0715. The van der Waals surface area contributed by atoms with Crippen molar-refractivity contribution >= 4 is 23.6 Å². The van der Waals surface area contributed by atoms with Gasteiger partial charge >= 0.3 is 6.03 Å². The van der Waals surface area contributed by atoms with Crippen LogP contribution in [0.2, 0.25) is 0 Å². The van der Waals surface area contributed by atoms with Crippen molar-refractivity contribution < 1.29 is 24.0 Å². The SMILES string of the molecule is C=CCN1C(=O)NC(=O)C(C(C)=NCCC[NH+]2CCOCC2)C1=O. The van der Waals surface area contributed by atoms with Gasteiger partial charge in [0, 0.05) is 25.2 Å². The maximum absolute atomic E-state index is 12.4. The lowest BCUT2D eigenvalue weighted by atomic mass is 9.99. The molecule has 0 spiro atoms. The second kappa shape index (κ2) is 8.70. The summed E-state index contributed by atoms with van der Waals surface area (Å²) >= 11 is 0. The quantitative estimate of drug-likeness (QED) is 0.260. The summed E-state index contributed by atoms with van der Waals surface area (Å²) in [6.07, 6.45) is 2.33. The molecule has 0 aromatic carbocycles. The highest BCUT2D eigenvalue weighted by Gasteiger charge is 2.41. The summed E-state index contributed by atoms with van der Waals surface area (Å²) in [7, 11) is 0. The monoisotopic (exact) mass is 337 g/mol. The molecule has 2 aliphatic rings. The number of barbiturate groups is 1. The second-order valence-electron chi connectivity index (χ2n) is 5.95. The van der Waals surface area contributed by atoms with Gasteiger partial charge in [-0.1, -0.05) is 6.08 Å². The van der Waals surface area contributed by atoms with Gasteiger partial charge in [-0.05, 0) is 6.92 Å². The zero-order valence-corrected chi connectivity index (χ0v) is 14.0. The molecule has 8 heteroatoms. The number of nitrogens with one attached hydrogen (secondary N) is 2. The Labute approximate surface area is 141 Å². The van der Waals surface area contributed by atoms with Gasteiger partial charge in [0.15, 0.2) is 5.92 Å². The first kappa shape index (κ1) is 18.3. The van der Waals surface area contributed by atoms with Crippen molar-refractivity contribution in [2.75, 3.05) is 45.9 Å². The third-order valence-corrected chi connectivity index (χ3v) is 4.23. The third-order valence-electron chi connectivity index (χ3n) is 4.23. The minimum atomic E-state index is -1.03. The van der Waals surface area contributed by atoms with Gasteiger partial charge in [-0.3, -0.25) is 24.8 Å². The van der Waals surface area contributed by atoms with Gasteiger partial charge in [-0.25, -0.2) is 4.79 Å². The van der Waals surface area contributed by atoms with E-state index in [0.717, 1.165) is 44.2 Å². The summed E-state index contributed by atoms with van der Waals surface area (Å²) < 4.78 is 5.32. The van der Waals surface area contributed by atoms with E-state index in [-0.39, 0.29) is 6.54 Å². The molecule has 2 aliphatic heterocycles. The molecule has 0 aromatic rings. The Balaban J connectivity index is 1.89. The van der Waals surface area contributed by atoms with Gasteiger partial charge in [-0.15, -0.1) is 6.58 Å². The van der Waals surface area contributed by atoms with Crippen LogP contribution in [0.4, 0.5) is 4.79 Å². The lowest BCUT2D eigenvalue weighted by molar-refractivity contribution is -0.908. The summed E-state index contributed by atoms with van der Waals surface area (Å²) in [5, 5.41) is 2.20. The van der Waals surface area contributed by atoms with Gasteiger partial charge in [0.25, 0.3) is 0 Å². The standard InChI is InChI=1S/C16H24N4O4/c1-3-6-20-15(22)13(14(21)18-16(20)23)12(2)17-5-4-7-19-8-10-24-11-9-19/h3,13H,1,4-11H2,2H3,(H,18,21,23)/p+1. The van der Waals surface area contributed by atoms with E-state index in [4.69, 9.17) is 4.74 Å². The highest BCUT2D eigenvalue weighted by atomic mass is 16.5. The smallest absolute Gasteiger partial charge is 0.331 e. The lowest BCUT2D eigenvalue weighted by Gasteiger charge is -2.29. The molecular weight excluding hydrogens is 312 g/mol. The van der Waals surface area contributed by atoms with Crippen LogP contribution in [0.5, 0.6) is 0 Å². The maximum Gasteiger partial charge on any atom is 0.331 e. The van der Waals surface area contributed by atoms with Crippen LogP contribution in [0.3, 0.4) is 0 Å². The van der Waals surface area contributed by atoms with E-state index < -0.39 is 23.8 Å². The average Bonchev–Trinajstić information content (AvgIpc) is 2.56. The van der Waals surface area contributed by atoms with Gasteiger partial charge < -0.3 is 9.64 Å². The molecule has 0 saturated carbocycles. The van der Waals surface area contributed by atoms with E-state index in [1.54, 1.807) is 6.92 Å². The fourth-order valence-corrected chi connectivity index (χ4v) is 2.87. The topological polar surface area (TPSA) is 92.5 Å². The molecule has 0 radical (unpaired) electrons. The molecule has 1 unspecified atom stereocenters. The van der Waals surface area contributed by atoms with Crippen molar-refractivity contribution in [1.29, 1.82) is 0 Å². The van der Waals surface area contributed by atoms with Gasteiger partial charge in [0.1, 0.15) is 13.1 Å². The number of urea groups is 1. The summed E-state index contributed by atoms with van der Waals surface area (Å²) in [5.41, 5.74) is 0.441. The van der Waals surface area contributed by atoms with Crippen LogP contribution in [0.1, 0.15) is 13.3 Å². The predicted molar refractivity (Wildman–Crippen MR) is 87.9 cm³/mol. The van der Waals surface area contributed by atoms with Crippen molar-refractivity contribution in [3.05, 3.63) is 12.7 Å². The molecule has 8 nitrogen and oxygen atoms in total. The minimum Gasteiger partial charge on any atom is -0.370 e. The van der Waals surface area contributed by atoms with Crippen molar-refractivity contribution in [2.45, 2.75) is 13.3 Å². The summed E-state index contributed by atoms with van der Waals surface area (Å²) in [6.45, 7) is 10.4. The molecule has 0 bridgehead atoms. The lowest BCUT2D eigenvalue weighted by Crippen LogP contribution is -3.14. The fourth-order valence-electron chi connectivity index (χ4n) is 2.87. The molecule has 1 atom stereocenters. The summed E-state index contributed by atoms with van der Waals surface area (Å²) in [6, 6.07) is -0.704. The first-order valence-corrected chi connectivity index (χ1v) is 8.24. The van der Waals surface area contributed by atoms with Crippen molar-refractivity contribution in [3.63, 3.8) is 0 Å². The average molecular weight is 337 g/mol. The van der Waals surface area contributed by atoms with Crippen LogP contribution in [0, 0.1) is 5.92 Å². The van der Waals surface area contributed by atoms with Crippen LogP contribution < -0.4 is 10.2 Å². The van der Waals surface area contributed by atoms with Crippen LogP contribution in [0.25, 0.3) is 0 Å². The zero-order valence-electron chi connectivity index (χ0n) is 14.0. The van der Waals surface area contributed by atoms with Crippen LogP contribution >= 0.6 is 0 Å². The molecule has 24 heavy (non-hydrogen) atoms. The van der Waals surface area contributed by atoms with E-state index in [1.165, 1.54) is 11.0 Å². The van der Waals surface area contributed by atoms with Crippen molar-refractivity contribution in [3.8, 4) is 0 Å². The number of aliphatic imine (C=N–C) groups is 1. The second-order valence-corrected chi connectivity index (χ2v) is 5.95. The van der Waals surface area contributed by atoms with E-state index in [9.17, 15) is 14.4 Å². The summed E-state index contributed by atoms with van der Waals surface area (Å²) in [4.78, 5) is 42.9. The van der Waals surface area contributed by atoms with E-state index in [0.29, 0.717) is 12.3 Å². The van der Waals surface area contributed by atoms with Crippen LogP contribution in [-0.4, -0.2) is 74.4 Å². The fraction of sp³-hybridized carbons (Fsp3) is 0.625. The first-order chi connectivity index (χ1) is 11.5. The number of quaternary nitrogens is 1. The number of carbonyl (C=O) groups excluding carboxylic acids is 3. The van der Waals surface area contributed by atoms with Crippen molar-refractivity contribution in [2.24, 2.45) is 10.9 Å². The Bertz CT molecular complexity index is 540. The van der Waals surface area contributed by atoms with E-state index in [2.05, 4.69) is 16.9 Å². The molecule has 132 valence electrons. The molecule has 4 amide bonds. The number of ether oxygens (including phenoxy) is 1. The van der Waals surface area contributed by atoms with Crippen LogP contribution in [-0.2, 0) is 14.3 Å². The van der Waals surface area contributed by atoms with Gasteiger partial charge in [0.05, 0.1) is 19.8 Å². The largest absolute Gasteiger partial charge is 0.370 e. The molecule has 2 saturated heterocycles. The number of hydrogen-bond acceptors (Lipinski definition) is 5. The molecule has 2 N–H and O–H groups in total. The normalized spacial score (nSPS) is 23.4. The van der Waals surface area contributed by atoms with Crippen LogP contribution in [0.15, 0.2) is 17.6 Å². The van der Waals surface area contributed by atoms with E-state index >= 15 is 0 Å². The number of imide groups is 2. The number of morpholine rings is 1. The molecular formula is C16H25N4O4+. The molecule has 2 rings (SSSR count). The van der Waals surface area contributed by atoms with Gasteiger partial charge in [-0.2, -0.15) is 0 Å². The van der Waals surface area contributed by atoms with Gasteiger partial charge in [0.2, 0.25) is 11.8 Å². The van der Waals surface area contributed by atoms with Crippen molar-refractivity contribution in [1.82, 2.24) is 10.2 Å². The Morgan fingerprint density at radius 1 is 1.42 bits per heavy atom. The highest BCUT2D eigenvalue weighted by molar-refractivity contribution is 6.27. The summed E-state index contributed by atoms with van der Waals surface area (Å²) in [5.74, 6) is -2.17. The number of amides is 4.